The van der Waals surface area contributed by atoms with Crippen LogP contribution in [0.3, 0.4) is 0 Å². The summed E-state index contributed by atoms with van der Waals surface area (Å²) in [5, 5.41) is 0.567. The molecule has 0 spiro atoms. The molecule has 0 aromatic heterocycles. The molecule has 0 aromatic carbocycles. The van der Waals surface area contributed by atoms with Crippen molar-refractivity contribution in [2.24, 2.45) is 0 Å². The summed E-state index contributed by atoms with van der Waals surface area (Å²) in [5.41, 5.74) is 0. The first-order chi connectivity index (χ1) is 7.00. The van der Waals surface area contributed by atoms with E-state index >= 15 is 0 Å². The summed E-state index contributed by atoms with van der Waals surface area (Å²) in [6, 6.07) is 0. The zero-order valence-corrected chi connectivity index (χ0v) is 8.86. The maximum atomic E-state index is 11.2. The van der Waals surface area contributed by atoms with Gasteiger partial charge in [0.25, 0.3) is 11.8 Å². The van der Waals surface area contributed by atoms with Crippen LogP contribution in [0.2, 0.25) is 0 Å². The highest BCUT2D eigenvalue weighted by molar-refractivity contribution is 6.01. The van der Waals surface area contributed by atoms with Crippen LogP contribution in [0.5, 0.6) is 0 Å². The SMILES string of the molecule is CN(C)CCC(=O)ON1C(=O)CCC1=O. The molecule has 84 valence electrons. The minimum absolute atomic E-state index is 0.125. The van der Waals surface area contributed by atoms with Crippen LogP contribution in [0.4, 0.5) is 0 Å². The van der Waals surface area contributed by atoms with E-state index in [1.807, 2.05) is 19.0 Å². The molecule has 1 heterocycles. The van der Waals surface area contributed by atoms with E-state index in [0.29, 0.717) is 11.6 Å². The van der Waals surface area contributed by atoms with Crippen molar-refractivity contribution in [3.63, 3.8) is 0 Å². The Labute approximate surface area is 87.7 Å². The van der Waals surface area contributed by atoms with E-state index in [-0.39, 0.29) is 19.3 Å². The molecule has 0 unspecified atom stereocenters. The van der Waals surface area contributed by atoms with Crippen LogP contribution < -0.4 is 0 Å². The predicted molar refractivity (Wildman–Crippen MR) is 50.4 cm³/mol. The fourth-order valence-electron chi connectivity index (χ4n) is 1.12. The van der Waals surface area contributed by atoms with Crippen molar-refractivity contribution in [1.82, 2.24) is 9.96 Å². The van der Waals surface area contributed by atoms with Crippen molar-refractivity contribution in [3.05, 3.63) is 0 Å². The maximum absolute atomic E-state index is 11.2. The van der Waals surface area contributed by atoms with Gasteiger partial charge in [0.05, 0.1) is 6.42 Å². The molecule has 1 fully saturated rings. The van der Waals surface area contributed by atoms with Crippen LogP contribution in [-0.2, 0) is 19.2 Å². The van der Waals surface area contributed by atoms with Gasteiger partial charge in [0.2, 0.25) is 0 Å². The highest BCUT2D eigenvalue weighted by Gasteiger charge is 2.32. The van der Waals surface area contributed by atoms with Crippen LogP contribution in [0, 0.1) is 0 Å². The second kappa shape index (κ2) is 4.88. The Bertz CT molecular complexity index is 272. The van der Waals surface area contributed by atoms with Gasteiger partial charge >= 0.3 is 5.97 Å². The van der Waals surface area contributed by atoms with Gasteiger partial charge in [0.15, 0.2) is 0 Å². The van der Waals surface area contributed by atoms with E-state index in [2.05, 4.69) is 4.84 Å². The van der Waals surface area contributed by atoms with E-state index in [9.17, 15) is 14.4 Å². The number of nitrogens with zero attached hydrogens (tertiary/aromatic N) is 2. The lowest BCUT2D eigenvalue weighted by atomic mass is 10.4. The van der Waals surface area contributed by atoms with Gasteiger partial charge in [0.1, 0.15) is 0 Å². The zero-order valence-electron chi connectivity index (χ0n) is 8.86. The van der Waals surface area contributed by atoms with Gasteiger partial charge < -0.3 is 9.74 Å². The van der Waals surface area contributed by atoms with Gasteiger partial charge in [-0.2, -0.15) is 0 Å². The quantitative estimate of drug-likeness (QED) is 0.593. The molecule has 15 heavy (non-hydrogen) atoms. The molecule has 2 amide bonds. The summed E-state index contributed by atoms with van der Waals surface area (Å²) < 4.78 is 0. The molecule has 1 rings (SSSR count). The summed E-state index contributed by atoms with van der Waals surface area (Å²) in [4.78, 5) is 39.8. The molecular formula is C9H14N2O4. The summed E-state index contributed by atoms with van der Waals surface area (Å²) in [6.45, 7) is 0.523. The first-order valence-corrected chi connectivity index (χ1v) is 4.72. The highest BCUT2D eigenvalue weighted by atomic mass is 16.7. The molecule has 0 saturated carbocycles. The Morgan fingerprint density at radius 2 is 1.87 bits per heavy atom. The summed E-state index contributed by atoms with van der Waals surface area (Å²) in [6.07, 6.45) is 0.406. The molecule has 0 N–H and O–H groups in total. The molecule has 1 saturated heterocycles. The van der Waals surface area contributed by atoms with E-state index in [1.54, 1.807) is 0 Å². The number of imide groups is 1. The minimum atomic E-state index is -0.563. The average Bonchev–Trinajstić information content (AvgIpc) is 2.46. The smallest absolute Gasteiger partial charge is 0.330 e. The van der Waals surface area contributed by atoms with Crippen molar-refractivity contribution < 1.29 is 19.2 Å². The van der Waals surface area contributed by atoms with Gasteiger partial charge in [-0.15, -0.1) is 5.06 Å². The van der Waals surface area contributed by atoms with E-state index in [4.69, 9.17) is 0 Å². The zero-order chi connectivity index (χ0) is 11.4. The Morgan fingerprint density at radius 1 is 1.33 bits per heavy atom. The van der Waals surface area contributed by atoms with Crippen LogP contribution >= 0.6 is 0 Å². The number of rotatable bonds is 4. The first-order valence-electron chi connectivity index (χ1n) is 4.72. The summed E-state index contributed by atoms with van der Waals surface area (Å²) in [7, 11) is 3.64. The number of hydroxylamine groups is 2. The van der Waals surface area contributed by atoms with E-state index in [0.717, 1.165) is 0 Å². The fraction of sp³-hybridized carbons (Fsp3) is 0.667. The van der Waals surface area contributed by atoms with Crippen molar-refractivity contribution in [1.29, 1.82) is 0 Å². The van der Waals surface area contributed by atoms with E-state index < -0.39 is 17.8 Å². The minimum Gasteiger partial charge on any atom is -0.330 e. The molecule has 0 aliphatic carbocycles. The van der Waals surface area contributed by atoms with Crippen molar-refractivity contribution in [2.75, 3.05) is 20.6 Å². The fourth-order valence-corrected chi connectivity index (χ4v) is 1.12. The molecule has 0 aromatic rings. The van der Waals surface area contributed by atoms with E-state index in [1.165, 1.54) is 0 Å². The van der Waals surface area contributed by atoms with Gasteiger partial charge in [-0.3, -0.25) is 9.59 Å². The number of hydrogen-bond acceptors (Lipinski definition) is 5. The average molecular weight is 214 g/mol. The number of carbonyl (C=O) groups is 3. The first kappa shape index (κ1) is 11.6. The number of hydrogen-bond donors (Lipinski definition) is 0. The topological polar surface area (TPSA) is 66.9 Å². The van der Waals surface area contributed by atoms with Gasteiger partial charge in [-0.25, -0.2) is 4.79 Å². The summed E-state index contributed by atoms with van der Waals surface area (Å²) in [5.74, 6) is -1.45. The predicted octanol–water partition coefficient (Wildman–Crippen LogP) is -0.455. The highest BCUT2D eigenvalue weighted by Crippen LogP contribution is 2.12. The van der Waals surface area contributed by atoms with Crippen LogP contribution in [-0.4, -0.2) is 48.4 Å². The third-order valence-corrected chi connectivity index (χ3v) is 1.96. The van der Waals surface area contributed by atoms with Crippen molar-refractivity contribution >= 4 is 17.8 Å². The second-order valence-electron chi connectivity index (χ2n) is 3.60. The molecule has 0 bridgehead atoms. The maximum Gasteiger partial charge on any atom is 0.334 e. The monoisotopic (exact) mass is 214 g/mol. The third kappa shape index (κ3) is 3.32. The van der Waals surface area contributed by atoms with Crippen LogP contribution in [0.1, 0.15) is 19.3 Å². The molecule has 6 heteroatoms. The lowest BCUT2D eigenvalue weighted by Gasteiger charge is -2.13. The van der Waals surface area contributed by atoms with Gasteiger partial charge in [0, 0.05) is 19.4 Å². The molecule has 1 aliphatic rings. The Kier molecular flexibility index (Phi) is 3.79. The van der Waals surface area contributed by atoms with Gasteiger partial charge in [-0.05, 0) is 14.1 Å². The molecular weight excluding hydrogens is 200 g/mol. The number of carbonyl (C=O) groups excluding carboxylic acids is 3. The molecule has 1 aliphatic heterocycles. The van der Waals surface area contributed by atoms with Crippen LogP contribution in [0.15, 0.2) is 0 Å². The van der Waals surface area contributed by atoms with Crippen LogP contribution in [0.25, 0.3) is 0 Å². The standard InChI is InChI=1S/C9H14N2O4/c1-10(2)6-5-9(14)15-11-7(12)3-4-8(11)13/h3-6H2,1-2H3. The second-order valence-corrected chi connectivity index (χ2v) is 3.60. The normalized spacial score (nSPS) is 16.3. The molecule has 0 radical (unpaired) electrons. The lowest BCUT2D eigenvalue weighted by Crippen LogP contribution is -2.33. The molecule has 0 atom stereocenters. The number of amides is 2. The Balaban J connectivity index is 2.37. The lowest BCUT2D eigenvalue weighted by molar-refractivity contribution is -0.197. The Hall–Kier alpha value is -1.43. The summed E-state index contributed by atoms with van der Waals surface area (Å²) >= 11 is 0. The van der Waals surface area contributed by atoms with Crippen molar-refractivity contribution in [3.8, 4) is 0 Å². The third-order valence-electron chi connectivity index (χ3n) is 1.96. The van der Waals surface area contributed by atoms with Gasteiger partial charge in [-0.1, -0.05) is 0 Å². The molecule has 6 nitrogen and oxygen atoms in total. The van der Waals surface area contributed by atoms with Crippen molar-refractivity contribution in [2.45, 2.75) is 19.3 Å². The Morgan fingerprint density at radius 3 is 2.33 bits per heavy atom. The largest absolute Gasteiger partial charge is 0.334 e.